The average molecular weight is 267 g/mol. The number of ether oxygens (including phenoxy) is 1. The molecule has 1 aliphatic rings. The number of benzene rings is 1. The minimum Gasteiger partial charge on any atom is -0.480 e. The molecule has 1 saturated carbocycles. The molecule has 1 unspecified atom stereocenters. The molecule has 0 aromatic heterocycles. The Labute approximate surface area is 109 Å². The van der Waals surface area contributed by atoms with E-state index in [-0.39, 0.29) is 23.3 Å². The number of nitrogens with one attached hydrogen (secondary N) is 1. The normalized spacial score (nSPS) is 15.7. The molecule has 0 saturated heterocycles. The molecule has 1 aromatic carbocycles. The van der Waals surface area contributed by atoms with Crippen LogP contribution in [0.25, 0.3) is 0 Å². The van der Waals surface area contributed by atoms with Crippen LogP contribution in [0.4, 0.5) is 4.39 Å². The summed E-state index contributed by atoms with van der Waals surface area (Å²) in [4.78, 5) is 22.7. The molecule has 19 heavy (non-hydrogen) atoms. The fourth-order valence-corrected chi connectivity index (χ4v) is 1.56. The van der Waals surface area contributed by atoms with Crippen LogP contribution in [0.5, 0.6) is 5.75 Å². The molecule has 0 radical (unpaired) electrons. The van der Waals surface area contributed by atoms with E-state index >= 15 is 0 Å². The van der Waals surface area contributed by atoms with Crippen molar-refractivity contribution in [3.8, 4) is 5.75 Å². The minimum atomic E-state index is -1.30. The van der Waals surface area contributed by atoms with E-state index in [1.807, 2.05) is 0 Å². The topological polar surface area (TPSA) is 75.6 Å². The van der Waals surface area contributed by atoms with Gasteiger partial charge in [-0.1, -0.05) is 0 Å². The largest absolute Gasteiger partial charge is 0.480 e. The second-order valence-electron chi connectivity index (χ2n) is 4.49. The molecule has 0 heterocycles. The van der Waals surface area contributed by atoms with E-state index < -0.39 is 17.9 Å². The van der Waals surface area contributed by atoms with Gasteiger partial charge in [0, 0.05) is 6.04 Å². The lowest BCUT2D eigenvalue weighted by Gasteiger charge is -2.16. The number of carbonyl (C=O) groups is 2. The maximum atomic E-state index is 13.0. The number of aromatic carboxylic acids is 1. The second kappa shape index (κ2) is 5.26. The highest BCUT2D eigenvalue weighted by molar-refractivity contribution is 5.91. The van der Waals surface area contributed by atoms with Gasteiger partial charge in [-0.25, -0.2) is 9.18 Å². The Bertz CT molecular complexity index is 513. The van der Waals surface area contributed by atoms with Crippen LogP contribution in [-0.2, 0) is 4.79 Å². The van der Waals surface area contributed by atoms with Crippen LogP contribution in [0.3, 0.4) is 0 Å². The molecule has 1 amide bonds. The molecule has 102 valence electrons. The lowest BCUT2D eigenvalue weighted by Crippen LogP contribution is -2.37. The van der Waals surface area contributed by atoms with Crippen molar-refractivity contribution >= 4 is 11.9 Å². The first-order valence-corrected chi connectivity index (χ1v) is 5.97. The van der Waals surface area contributed by atoms with E-state index in [1.54, 1.807) is 0 Å². The Balaban J connectivity index is 2.08. The summed E-state index contributed by atoms with van der Waals surface area (Å²) in [6.07, 6.45) is 1.08. The number of carboxylic acids is 1. The van der Waals surface area contributed by atoms with Crippen molar-refractivity contribution in [1.29, 1.82) is 0 Å². The molecule has 1 fully saturated rings. The Morgan fingerprint density at radius 3 is 2.74 bits per heavy atom. The van der Waals surface area contributed by atoms with Crippen molar-refractivity contribution in [1.82, 2.24) is 5.32 Å². The number of amides is 1. The predicted molar refractivity (Wildman–Crippen MR) is 64.6 cm³/mol. The van der Waals surface area contributed by atoms with Crippen molar-refractivity contribution in [3.63, 3.8) is 0 Å². The van der Waals surface area contributed by atoms with Crippen LogP contribution in [0.15, 0.2) is 18.2 Å². The van der Waals surface area contributed by atoms with Crippen LogP contribution < -0.4 is 10.1 Å². The van der Waals surface area contributed by atoms with Crippen LogP contribution in [0.1, 0.15) is 30.1 Å². The molecule has 0 spiro atoms. The molecule has 1 aliphatic carbocycles. The average Bonchev–Trinajstić information content (AvgIpc) is 3.14. The van der Waals surface area contributed by atoms with Crippen molar-refractivity contribution in [2.24, 2.45) is 0 Å². The molecule has 0 aliphatic heterocycles. The SMILES string of the molecule is CC(Oc1ccc(F)cc1C(=O)O)C(=O)NC1CC1. The van der Waals surface area contributed by atoms with Crippen LogP contribution in [0, 0.1) is 5.82 Å². The van der Waals surface area contributed by atoms with Crippen LogP contribution in [-0.4, -0.2) is 29.1 Å². The number of hydrogen-bond acceptors (Lipinski definition) is 3. The van der Waals surface area contributed by atoms with E-state index in [2.05, 4.69) is 5.32 Å². The Kier molecular flexibility index (Phi) is 3.69. The minimum absolute atomic E-state index is 0.0210. The zero-order valence-electron chi connectivity index (χ0n) is 10.4. The van der Waals surface area contributed by atoms with Crippen molar-refractivity contribution in [3.05, 3.63) is 29.6 Å². The first-order valence-electron chi connectivity index (χ1n) is 5.97. The fourth-order valence-electron chi connectivity index (χ4n) is 1.56. The van der Waals surface area contributed by atoms with Gasteiger partial charge in [0.05, 0.1) is 0 Å². The first kappa shape index (κ1) is 13.3. The molecule has 2 N–H and O–H groups in total. The highest BCUT2D eigenvalue weighted by atomic mass is 19.1. The second-order valence-corrected chi connectivity index (χ2v) is 4.49. The predicted octanol–water partition coefficient (Wildman–Crippen LogP) is 1.57. The molecule has 1 aromatic rings. The molecular formula is C13H14FNO4. The monoisotopic (exact) mass is 267 g/mol. The van der Waals surface area contributed by atoms with Gasteiger partial charge in [-0.15, -0.1) is 0 Å². The molecule has 1 atom stereocenters. The van der Waals surface area contributed by atoms with Gasteiger partial charge in [0.2, 0.25) is 0 Å². The van der Waals surface area contributed by atoms with Gasteiger partial charge in [-0.05, 0) is 38.0 Å². The van der Waals surface area contributed by atoms with E-state index in [4.69, 9.17) is 9.84 Å². The molecule has 0 bridgehead atoms. The van der Waals surface area contributed by atoms with Crippen molar-refractivity contribution in [2.45, 2.75) is 31.9 Å². The van der Waals surface area contributed by atoms with Gasteiger partial charge in [0.25, 0.3) is 5.91 Å². The third kappa shape index (κ3) is 3.43. The maximum Gasteiger partial charge on any atom is 0.339 e. The quantitative estimate of drug-likeness (QED) is 0.849. The van der Waals surface area contributed by atoms with Gasteiger partial charge < -0.3 is 15.2 Å². The van der Waals surface area contributed by atoms with E-state index in [1.165, 1.54) is 13.0 Å². The lowest BCUT2D eigenvalue weighted by molar-refractivity contribution is -0.127. The number of carbonyl (C=O) groups excluding carboxylic acids is 1. The van der Waals surface area contributed by atoms with Crippen molar-refractivity contribution < 1.29 is 23.8 Å². The summed E-state index contributed by atoms with van der Waals surface area (Å²) in [5, 5.41) is 11.7. The van der Waals surface area contributed by atoms with Crippen LogP contribution in [0.2, 0.25) is 0 Å². The van der Waals surface area contributed by atoms with Crippen molar-refractivity contribution in [2.75, 3.05) is 0 Å². The van der Waals surface area contributed by atoms with Gasteiger partial charge >= 0.3 is 5.97 Å². The maximum absolute atomic E-state index is 13.0. The highest BCUT2D eigenvalue weighted by Crippen LogP contribution is 2.22. The Morgan fingerprint density at radius 1 is 1.47 bits per heavy atom. The summed E-state index contributed by atoms with van der Waals surface area (Å²) in [6, 6.07) is 3.36. The number of hydrogen-bond donors (Lipinski definition) is 2. The lowest BCUT2D eigenvalue weighted by atomic mass is 10.2. The first-order chi connectivity index (χ1) is 8.97. The highest BCUT2D eigenvalue weighted by Gasteiger charge is 2.27. The smallest absolute Gasteiger partial charge is 0.339 e. The molecule has 2 rings (SSSR count). The summed E-state index contributed by atoms with van der Waals surface area (Å²) >= 11 is 0. The van der Waals surface area contributed by atoms with Crippen LogP contribution >= 0.6 is 0 Å². The summed E-state index contributed by atoms with van der Waals surface area (Å²) in [7, 11) is 0. The fraction of sp³-hybridized carbons (Fsp3) is 0.385. The van der Waals surface area contributed by atoms with E-state index in [9.17, 15) is 14.0 Å². The summed E-state index contributed by atoms with van der Waals surface area (Å²) < 4.78 is 18.3. The Hall–Kier alpha value is -2.11. The van der Waals surface area contributed by atoms with Gasteiger partial charge in [0.1, 0.15) is 17.1 Å². The molecular weight excluding hydrogens is 253 g/mol. The number of halogens is 1. The summed E-state index contributed by atoms with van der Waals surface area (Å²) in [6.45, 7) is 1.52. The van der Waals surface area contributed by atoms with Gasteiger partial charge in [-0.2, -0.15) is 0 Å². The molecule has 6 heteroatoms. The van der Waals surface area contributed by atoms with Gasteiger partial charge in [-0.3, -0.25) is 4.79 Å². The third-order valence-corrected chi connectivity index (χ3v) is 2.77. The standard InChI is InChI=1S/C13H14FNO4/c1-7(12(16)15-9-3-4-9)19-11-5-2-8(14)6-10(11)13(17)18/h2,5-7,9H,3-4H2,1H3,(H,15,16)(H,17,18). The van der Waals surface area contributed by atoms with E-state index in [0.717, 1.165) is 25.0 Å². The number of carboxylic acid groups (broad SMARTS) is 1. The summed E-state index contributed by atoms with van der Waals surface area (Å²) in [5.74, 6) is -2.29. The molecule has 5 nitrogen and oxygen atoms in total. The van der Waals surface area contributed by atoms with Gasteiger partial charge in [0.15, 0.2) is 6.10 Å². The zero-order valence-corrected chi connectivity index (χ0v) is 10.4. The Morgan fingerprint density at radius 2 is 2.16 bits per heavy atom. The number of rotatable bonds is 5. The summed E-state index contributed by atoms with van der Waals surface area (Å²) in [5.41, 5.74) is -0.300. The zero-order chi connectivity index (χ0) is 14.0. The van der Waals surface area contributed by atoms with E-state index in [0.29, 0.717) is 0 Å². The third-order valence-electron chi connectivity index (χ3n) is 2.77.